The molecule has 0 amide bonds. The lowest BCUT2D eigenvalue weighted by molar-refractivity contribution is -0.152. The summed E-state index contributed by atoms with van der Waals surface area (Å²) in [6, 6.07) is 5.48. The lowest BCUT2D eigenvalue weighted by Gasteiger charge is -2.28. The van der Waals surface area contributed by atoms with Crippen molar-refractivity contribution in [2.45, 2.75) is 91.5 Å². The molecule has 1 fully saturated rings. The van der Waals surface area contributed by atoms with E-state index in [1.807, 2.05) is 26.0 Å². The molecule has 3 unspecified atom stereocenters. The van der Waals surface area contributed by atoms with Gasteiger partial charge in [0.25, 0.3) is 0 Å². The number of benzene rings is 1. The van der Waals surface area contributed by atoms with Gasteiger partial charge in [-0.3, -0.25) is 14.9 Å². The first-order chi connectivity index (χ1) is 16.3. The first-order valence-corrected chi connectivity index (χ1v) is 12.5. The highest BCUT2D eigenvalue weighted by atomic mass is 16.5. The Morgan fingerprint density at radius 2 is 2.00 bits per heavy atom. The SMILES string of the molecule is C/C=C(\C=C(\C)C=O)C(Nc1cc(CNC(CO)C(=O)OC2CCCC2)ccc1C)C(C)CC. The molecule has 1 aliphatic rings. The third-order valence-corrected chi connectivity index (χ3v) is 6.70. The maximum atomic E-state index is 12.5. The summed E-state index contributed by atoms with van der Waals surface area (Å²) in [6.07, 6.45) is 9.84. The van der Waals surface area contributed by atoms with E-state index in [-0.39, 0.29) is 24.7 Å². The lowest BCUT2D eigenvalue weighted by Crippen LogP contribution is -2.41. The normalized spacial score (nSPS) is 17.8. The highest BCUT2D eigenvalue weighted by Crippen LogP contribution is 2.26. The maximum absolute atomic E-state index is 12.5. The van der Waals surface area contributed by atoms with Crippen LogP contribution < -0.4 is 10.6 Å². The number of allylic oxidation sites excluding steroid dienone is 2. The van der Waals surface area contributed by atoms with Crippen LogP contribution in [-0.2, 0) is 20.9 Å². The molecule has 6 nitrogen and oxygen atoms in total. The Balaban J connectivity index is 2.13. The van der Waals surface area contributed by atoms with Crippen molar-refractivity contribution in [2.75, 3.05) is 11.9 Å². The summed E-state index contributed by atoms with van der Waals surface area (Å²) in [7, 11) is 0. The van der Waals surface area contributed by atoms with Gasteiger partial charge in [0.2, 0.25) is 0 Å². The molecule has 3 atom stereocenters. The van der Waals surface area contributed by atoms with E-state index in [0.29, 0.717) is 18.0 Å². The van der Waals surface area contributed by atoms with Gasteiger partial charge >= 0.3 is 5.97 Å². The molecule has 0 aliphatic heterocycles. The molecule has 0 spiro atoms. The molecule has 1 saturated carbocycles. The second-order valence-electron chi connectivity index (χ2n) is 9.41. The van der Waals surface area contributed by atoms with Crippen LogP contribution in [0.15, 0.2) is 41.5 Å². The van der Waals surface area contributed by atoms with E-state index in [9.17, 15) is 14.7 Å². The molecule has 0 bridgehead atoms. The number of hydrogen-bond acceptors (Lipinski definition) is 6. The molecule has 6 heteroatoms. The molecule has 2 rings (SSSR count). The molecule has 3 N–H and O–H groups in total. The van der Waals surface area contributed by atoms with Crippen LogP contribution in [0, 0.1) is 12.8 Å². The van der Waals surface area contributed by atoms with Gasteiger partial charge in [-0.2, -0.15) is 0 Å². The van der Waals surface area contributed by atoms with Gasteiger partial charge in [0.15, 0.2) is 0 Å². The number of ether oxygens (including phenoxy) is 1. The Bertz CT molecular complexity index is 871. The fraction of sp³-hybridized carbons (Fsp3) is 0.571. The van der Waals surface area contributed by atoms with Crippen LogP contribution in [0.3, 0.4) is 0 Å². The van der Waals surface area contributed by atoms with E-state index in [1.165, 1.54) is 0 Å². The molecular weight excluding hydrogens is 428 g/mol. The Morgan fingerprint density at radius 1 is 1.29 bits per heavy atom. The Morgan fingerprint density at radius 3 is 2.59 bits per heavy atom. The van der Waals surface area contributed by atoms with Crippen LogP contribution in [0.25, 0.3) is 0 Å². The first kappa shape index (κ1) is 27.8. The summed E-state index contributed by atoms with van der Waals surface area (Å²) in [6.45, 7) is 10.4. The predicted molar refractivity (Wildman–Crippen MR) is 138 cm³/mol. The van der Waals surface area contributed by atoms with Crippen LogP contribution in [0.2, 0.25) is 0 Å². The van der Waals surface area contributed by atoms with Gasteiger partial charge in [-0.15, -0.1) is 0 Å². The number of carbonyl (C=O) groups excluding carboxylic acids is 2. The average molecular weight is 471 g/mol. The van der Waals surface area contributed by atoms with Crippen LogP contribution >= 0.6 is 0 Å². The zero-order valence-electron chi connectivity index (χ0n) is 21.4. The molecule has 1 aromatic carbocycles. The minimum atomic E-state index is -0.739. The number of aryl methyl sites for hydroxylation is 1. The Kier molecular flexibility index (Phi) is 11.5. The number of nitrogens with one attached hydrogen (secondary N) is 2. The highest BCUT2D eigenvalue weighted by molar-refractivity contribution is 5.76. The van der Waals surface area contributed by atoms with E-state index >= 15 is 0 Å². The van der Waals surface area contributed by atoms with Gasteiger partial charge in [0, 0.05) is 12.2 Å². The predicted octanol–water partition coefficient (Wildman–Crippen LogP) is 4.85. The number of rotatable bonds is 13. The molecule has 0 radical (unpaired) electrons. The van der Waals surface area contributed by atoms with Crippen molar-refractivity contribution in [2.24, 2.45) is 5.92 Å². The van der Waals surface area contributed by atoms with Gasteiger partial charge in [0.1, 0.15) is 18.4 Å². The van der Waals surface area contributed by atoms with E-state index in [2.05, 4.69) is 49.6 Å². The second kappa shape index (κ2) is 14.1. The molecule has 188 valence electrons. The number of hydrogen-bond donors (Lipinski definition) is 3. The number of anilines is 1. The molecule has 34 heavy (non-hydrogen) atoms. The van der Waals surface area contributed by atoms with Crippen molar-refractivity contribution in [3.8, 4) is 0 Å². The number of aldehydes is 1. The van der Waals surface area contributed by atoms with Gasteiger partial charge in [0.05, 0.1) is 12.6 Å². The molecule has 1 aromatic rings. The first-order valence-electron chi connectivity index (χ1n) is 12.5. The fourth-order valence-corrected chi connectivity index (χ4v) is 4.26. The quantitative estimate of drug-likeness (QED) is 0.165. The van der Waals surface area contributed by atoms with Gasteiger partial charge in [-0.05, 0) is 80.7 Å². The van der Waals surface area contributed by atoms with E-state index in [0.717, 1.165) is 60.8 Å². The van der Waals surface area contributed by atoms with Gasteiger partial charge in [-0.1, -0.05) is 44.6 Å². The third kappa shape index (κ3) is 8.10. The molecule has 1 aliphatic carbocycles. The topological polar surface area (TPSA) is 87.7 Å². The van der Waals surface area contributed by atoms with Crippen molar-refractivity contribution in [3.63, 3.8) is 0 Å². The summed E-state index contributed by atoms with van der Waals surface area (Å²) in [4.78, 5) is 23.7. The van der Waals surface area contributed by atoms with Crippen LogP contribution in [0.4, 0.5) is 5.69 Å². The second-order valence-corrected chi connectivity index (χ2v) is 9.41. The summed E-state index contributed by atoms with van der Waals surface area (Å²) in [5.74, 6) is -0.0287. The standard InChI is InChI=1S/C28H42N2O4/c1-6-20(4)27(23(7-2)14-19(3)17-31)30-25-15-22(13-12-21(25)5)16-29-26(18-32)28(33)34-24-10-8-9-11-24/h7,12-15,17,20,24,26-27,29-30,32H,6,8-11,16,18H2,1-5H3/b19-14-,23-7+. The van der Waals surface area contributed by atoms with Gasteiger partial charge < -0.3 is 15.2 Å². The summed E-state index contributed by atoms with van der Waals surface area (Å²) in [5.41, 5.74) is 4.90. The van der Waals surface area contributed by atoms with E-state index in [1.54, 1.807) is 0 Å². The largest absolute Gasteiger partial charge is 0.461 e. The molecule has 0 saturated heterocycles. The molecule has 0 aromatic heterocycles. The minimum absolute atomic E-state index is 0.0197. The number of carbonyl (C=O) groups is 2. The smallest absolute Gasteiger partial charge is 0.325 e. The third-order valence-electron chi connectivity index (χ3n) is 6.70. The fourth-order valence-electron chi connectivity index (χ4n) is 4.26. The maximum Gasteiger partial charge on any atom is 0.325 e. The van der Waals surface area contributed by atoms with Crippen molar-refractivity contribution in [1.29, 1.82) is 0 Å². The highest BCUT2D eigenvalue weighted by Gasteiger charge is 2.25. The summed E-state index contributed by atoms with van der Waals surface area (Å²) in [5, 5.41) is 16.6. The van der Waals surface area contributed by atoms with Crippen molar-refractivity contribution < 1.29 is 19.4 Å². The number of aliphatic hydroxyl groups excluding tert-OH is 1. The van der Waals surface area contributed by atoms with Gasteiger partial charge in [-0.25, -0.2) is 0 Å². The number of aliphatic hydroxyl groups is 1. The number of esters is 1. The Hall–Kier alpha value is -2.44. The van der Waals surface area contributed by atoms with Crippen LogP contribution in [0.1, 0.15) is 70.9 Å². The lowest BCUT2D eigenvalue weighted by atomic mass is 9.90. The van der Waals surface area contributed by atoms with Crippen LogP contribution in [0.5, 0.6) is 0 Å². The summed E-state index contributed by atoms with van der Waals surface area (Å²) >= 11 is 0. The summed E-state index contributed by atoms with van der Waals surface area (Å²) < 4.78 is 5.56. The van der Waals surface area contributed by atoms with Crippen LogP contribution in [-0.4, -0.2) is 42.2 Å². The van der Waals surface area contributed by atoms with Crippen molar-refractivity contribution in [3.05, 3.63) is 52.6 Å². The minimum Gasteiger partial charge on any atom is -0.461 e. The average Bonchev–Trinajstić information content (AvgIpc) is 3.35. The van der Waals surface area contributed by atoms with Crippen molar-refractivity contribution >= 4 is 17.9 Å². The molecular formula is C28H42N2O4. The zero-order valence-corrected chi connectivity index (χ0v) is 21.4. The molecule has 0 heterocycles. The zero-order chi connectivity index (χ0) is 25.1. The van der Waals surface area contributed by atoms with E-state index < -0.39 is 6.04 Å². The van der Waals surface area contributed by atoms with Crippen molar-refractivity contribution in [1.82, 2.24) is 5.32 Å². The monoisotopic (exact) mass is 470 g/mol. The van der Waals surface area contributed by atoms with E-state index in [4.69, 9.17) is 4.74 Å². The Labute approximate surface area is 204 Å².